The second-order valence-electron chi connectivity index (χ2n) is 4.69. The van der Waals surface area contributed by atoms with E-state index in [0.29, 0.717) is 5.92 Å². The molecule has 0 amide bonds. The summed E-state index contributed by atoms with van der Waals surface area (Å²) < 4.78 is 5.36. The zero-order valence-corrected chi connectivity index (χ0v) is 7.71. The van der Waals surface area contributed by atoms with Crippen LogP contribution in [-0.2, 0) is 4.74 Å². The van der Waals surface area contributed by atoms with E-state index in [2.05, 4.69) is 0 Å². The molecule has 3 atom stereocenters. The van der Waals surface area contributed by atoms with Crippen LogP contribution in [0.2, 0.25) is 0 Å². The summed E-state index contributed by atoms with van der Waals surface area (Å²) in [6, 6.07) is 0. The topological polar surface area (TPSA) is 58.8 Å². The van der Waals surface area contributed by atoms with Crippen LogP contribution in [0.5, 0.6) is 0 Å². The fourth-order valence-corrected chi connectivity index (χ4v) is 2.12. The van der Waals surface area contributed by atoms with Crippen molar-refractivity contribution in [1.82, 2.24) is 0 Å². The van der Waals surface area contributed by atoms with Crippen LogP contribution in [0.15, 0.2) is 0 Å². The summed E-state index contributed by atoms with van der Waals surface area (Å²) in [5, 5.41) is 9.77. The molecule has 12 heavy (non-hydrogen) atoms. The normalized spacial score (nSPS) is 47.0. The summed E-state index contributed by atoms with van der Waals surface area (Å²) in [7, 11) is 0. The van der Waals surface area contributed by atoms with Crippen LogP contribution in [0, 0.1) is 5.92 Å². The average molecular weight is 171 g/mol. The minimum Gasteiger partial charge on any atom is -0.390 e. The molecule has 2 rings (SSSR count). The molecule has 1 aliphatic carbocycles. The number of epoxide rings is 1. The van der Waals surface area contributed by atoms with E-state index in [1.54, 1.807) is 0 Å². The number of nitrogens with two attached hydrogens (primary N) is 1. The van der Waals surface area contributed by atoms with Gasteiger partial charge in [-0.3, -0.25) is 0 Å². The highest BCUT2D eigenvalue weighted by atomic mass is 16.6. The molecule has 3 nitrogen and oxygen atoms in total. The van der Waals surface area contributed by atoms with Gasteiger partial charge >= 0.3 is 0 Å². The van der Waals surface area contributed by atoms with E-state index in [0.717, 1.165) is 19.3 Å². The standard InChI is InChI=1S/C9H17NO2/c1-8(2,11)6-3-4-9(10)7(5-6)12-9/h6-7,11H,3-5,10H2,1-2H3/t6-,7?,9+/m1/s1. The summed E-state index contributed by atoms with van der Waals surface area (Å²) in [5.74, 6) is 0.349. The van der Waals surface area contributed by atoms with Gasteiger partial charge in [-0.1, -0.05) is 0 Å². The number of hydrogen-bond donors (Lipinski definition) is 2. The Labute approximate surface area is 72.9 Å². The van der Waals surface area contributed by atoms with Crippen LogP contribution >= 0.6 is 0 Å². The first kappa shape index (κ1) is 8.48. The molecule has 1 aliphatic heterocycles. The maximum absolute atomic E-state index is 9.77. The zero-order chi connectivity index (χ0) is 8.98. The van der Waals surface area contributed by atoms with Crippen molar-refractivity contribution in [2.45, 2.75) is 50.5 Å². The van der Waals surface area contributed by atoms with Gasteiger partial charge in [0.25, 0.3) is 0 Å². The third-order valence-electron chi connectivity index (χ3n) is 3.23. The molecule has 3 N–H and O–H groups in total. The van der Waals surface area contributed by atoms with Crippen molar-refractivity contribution in [3.8, 4) is 0 Å². The number of ether oxygens (including phenoxy) is 1. The lowest BCUT2D eigenvalue weighted by atomic mass is 9.77. The van der Waals surface area contributed by atoms with E-state index < -0.39 is 5.60 Å². The van der Waals surface area contributed by atoms with Crippen LogP contribution in [0.25, 0.3) is 0 Å². The quantitative estimate of drug-likeness (QED) is 0.568. The number of aliphatic hydroxyl groups is 1. The molecular formula is C9H17NO2. The Morgan fingerprint density at radius 3 is 2.75 bits per heavy atom. The molecule has 3 heteroatoms. The van der Waals surface area contributed by atoms with Gasteiger partial charge in [-0.15, -0.1) is 0 Å². The first-order valence-electron chi connectivity index (χ1n) is 4.61. The van der Waals surface area contributed by atoms with E-state index in [1.165, 1.54) is 0 Å². The fourth-order valence-electron chi connectivity index (χ4n) is 2.12. The number of fused-ring (bicyclic) bond motifs is 1. The van der Waals surface area contributed by atoms with Gasteiger partial charge in [-0.25, -0.2) is 0 Å². The fraction of sp³-hybridized carbons (Fsp3) is 1.00. The van der Waals surface area contributed by atoms with Gasteiger partial charge in [0.1, 0.15) is 11.8 Å². The lowest BCUT2D eigenvalue weighted by molar-refractivity contribution is 0.00155. The zero-order valence-electron chi connectivity index (χ0n) is 7.71. The van der Waals surface area contributed by atoms with E-state index in [9.17, 15) is 5.11 Å². The van der Waals surface area contributed by atoms with Gasteiger partial charge in [-0.2, -0.15) is 0 Å². The van der Waals surface area contributed by atoms with E-state index in [4.69, 9.17) is 10.5 Å². The second kappa shape index (κ2) is 2.22. The van der Waals surface area contributed by atoms with Gasteiger partial charge in [0.05, 0.1) is 5.60 Å². The maximum Gasteiger partial charge on any atom is 0.143 e. The first-order valence-corrected chi connectivity index (χ1v) is 4.61. The second-order valence-corrected chi connectivity index (χ2v) is 4.69. The Morgan fingerprint density at radius 1 is 1.58 bits per heavy atom. The van der Waals surface area contributed by atoms with Crippen LogP contribution in [0.4, 0.5) is 0 Å². The molecule has 0 bridgehead atoms. The highest BCUT2D eigenvalue weighted by molar-refractivity contribution is 5.04. The highest BCUT2D eigenvalue weighted by Gasteiger charge is 2.57. The predicted octanol–water partition coefficient (Wildman–Crippen LogP) is 0.611. The highest BCUT2D eigenvalue weighted by Crippen LogP contribution is 2.48. The summed E-state index contributed by atoms with van der Waals surface area (Å²) in [6.45, 7) is 3.73. The molecule has 2 aliphatic rings. The molecule has 70 valence electrons. The molecule has 0 radical (unpaired) electrons. The number of hydrogen-bond acceptors (Lipinski definition) is 3. The Bertz CT molecular complexity index is 199. The van der Waals surface area contributed by atoms with Crippen LogP contribution in [0.1, 0.15) is 33.1 Å². The number of rotatable bonds is 1. The molecule has 1 heterocycles. The lowest BCUT2D eigenvalue weighted by Gasteiger charge is -2.32. The molecule has 0 aromatic heterocycles. The smallest absolute Gasteiger partial charge is 0.143 e. The third-order valence-corrected chi connectivity index (χ3v) is 3.23. The van der Waals surface area contributed by atoms with Crippen molar-refractivity contribution < 1.29 is 9.84 Å². The SMILES string of the molecule is CC(C)(O)[C@@H]1CC[C@]2(N)OC2C1. The van der Waals surface area contributed by atoms with Crippen LogP contribution in [0.3, 0.4) is 0 Å². The Balaban J connectivity index is 1.98. The Morgan fingerprint density at radius 2 is 2.25 bits per heavy atom. The third kappa shape index (κ3) is 1.26. The summed E-state index contributed by atoms with van der Waals surface area (Å²) in [4.78, 5) is 0. The molecule has 0 aromatic rings. The van der Waals surface area contributed by atoms with Crippen molar-refractivity contribution in [3.63, 3.8) is 0 Å². The molecule has 1 unspecified atom stereocenters. The van der Waals surface area contributed by atoms with Crippen molar-refractivity contribution in [1.29, 1.82) is 0 Å². The summed E-state index contributed by atoms with van der Waals surface area (Å²) >= 11 is 0. The van der Waals surface area contributed by atoms with Gasteiger partial charge in [0, 0.05) is 0 Å². The van der Waals surface area contributed by atoms with Crippen molar-refractivity contribution in [2.24, 2.45) is 11.7 Å². The van der Waals surface area contributed by atoms with Crippen LogP contribution in [-0.4, -0.2) is 22.5 Å². The summed E-state index contributed by atoms with van der Waals surface area (Å²) in [5.41, 5.74) is 4.96. The van der Waals surface area contributed by atoms with E-state index in [-0.39, 0.29) is 11.8 Å². The first-order chi connectivity index (χ1) is 5.42. The van der Waals surface area contributed by atoms with E-state index in [1.807, 2.05) is 13.8 Å². The maximum atomic E-state index is 9.77. The van der Waals surface area contributed by atoms with E-state index >= 15 is 0 Å². The average Bonchev–Trinajstić information content (AvgIpc) is 2.56. The van der Waals surface area contributed by atoms with Crippen LogP contribution < -0.4 is 5.73 Å². The summed E-state index contributed by atoms with van der Waals surface area (Å²) in [6.07, 6.45) is 3.01. The van der Waals surface area contributed by atoms with Gasteiger partial charge in [0.2, 0.25) is 0 Å². The molecule has 0 spiro atoms. The molecule has 2 fully saturated rings. The molecule has 0 aromatic carbocycles. The molecule has 1 saturated heterocycles. The monoisotopic (exact) mass is 171 g/mol. The van der Waals surface area contributed by atoms with Crippen molar-refractivity contribution in [2.75, 3.05) is 0 Å². The van der Waals surface area contributed by atoms with Crippen molar-refractivity contribution in [3.05, 3.63) is 0 Å². The minimum absolute atomic E-state index is 0.211. The predicted molar refractivity (Wildman–Crippen MR) is 45.4 cm³/mol. The van der Waals surface area contributed by atoms with Gasteiger partial charge in [0.15, 0.2) is 0 Å². The Hall–Kier alpha value is -0.120. The Kier molecular flexibility index (Phi) is 1.57. The lowest BCUT2D eigenvalue weighted by Crippen LogP contribution is -2.40. The molecular weight excluding hydrogens is 154 g/mol. The largest absolute Gasteiger partial charge is 0.390 e. The van der Waals surface area contributed by atoms with Crippen molar-refractivity contribution >= 4 is 0 Å². The molecule has 1 saturated carbocycles. The minimum atomic E-state index is -0.576. The van der Waals surface area contributed by atoms with Gasteiger partial charge in [-0.05, 0) is 39.0 Å². The van der Waals surface area contributed by atoms with Gasteiger partial charge < -0.3 is 15.6 Å².